The Hall–Kier alpha value is -4.12. The van der Waals surface area contributed by atoms with E-state index >= 15 is 0 Å². The molecule has 4 rings (SSSR count). The summed E-state index contributed by atoms with van der Waals surface area (Å²) in [6, 6.07) is 8.14. The summed E-state index contributed by atoms with van der Waals surface area (Å²) in [4.78, 5) is 18.7. The van der Waals surface area contributed by atoms with E-state index in [9.17, 15) is 22.4 Å². The van der Waals surface area contributed by atoms with Crippen molar-refractivity contribution >= 4 is 34.8 Å². The summed E-state index contributed by atoms with van der Waals surface area (Å²) in [6.07, 6.45) is -2.46. The number of furan rings is 1. The Labute approximate surface area is 185 Å². The second-order valence-electron chi connectivity index (χ2n) is 7.02. The molecular formula is C22H17F4N5O2. The van der Waals surface area contributed by atoms with Crippen molar-refractivity contribution in [2.24, 2.45) is 16.5 Å². The number of halogens is 4. The number of amidine groups is 1. The highest BCUT2D eigenvalue weighted by Gasteiger charge is 2.33. The zero-order valence-corrected chi connectivity index (χ0v) is 16.9. The number of alkyl halides is 3. The molecule has 2 aromatic carbocycles. The van der Waals surface area contributed by atoms with Crippen molar-refractivity contribution in [3.63, 3.8) is 0 Å². The van der Waals surface area contributed by atoms with Gasteiger partial charge in [0.1, 0.15) is 17.8 Å². The number of amides is 2. The number of hydrogen-bond donors (Lipinski definition) is 2. The predicted molar refractivity (Wildman–Crippen MR) is 115 cm³/mol. The number of carbonyl (C=O) groups is 1. The van der Waals surface area contributed by atoms with Gasteiger partial charge in [-0.15, -0.1) is 0 Å². The number of urea groups is 1. The molecule has 0 bridgehead atoms. The summed E-state index contributed by atoms with van der Waals surface area (Å²) in [5.41, 5.74) is 11.2. The third-order valence-corrected chi connectivity index (χ3v) is 5.04. The number of rotatable bonds is 4. The summed E-state index contributed by atoms with van der Waals surface area (Å²) in [5, 5.41) is 0. The molecule has 3 aromatic rings. The van der Waals surface area contributed by atoms with Crippen LogP contribution in [0.25, 0.3) is 0 Å². The van der Waals surface area contributed by atoms with Gasteiger partial charge in [0, 0.05) is 5.69 Å². The Kier molecular flexibility index (Phi) is 5.42. The van der Waals surface area contributed by atoms with Crippen molar-refractivity contribution < 1.29 is 26.8 Å². The highest BCUT2D eigenvalue weighted by Crippen LogP contribution is 2.38. The smallest absolute Gasteiger partial charge is 0.416 e. The van der Waals surface area contributed by atoms with Crippen molar-refractivity contribution in [1.29, 1.82) is 0 Å². The topological polar surface area (TPSA) is 101 Å². The number of primary amides is 1. The molecular weight excluding hydrogens is 442 g/mol. The van der Waals surface area contributed by atoms with Gasteiger partial charge in [-0.2, -0.15) is 18.2 Å². The second-order valence-corrected chi connectivity index (χ2v) is 7.02. The standard InChI is InChI=1S/C22H17F4N5O2/c1-2-18-29-20-15(9-10-33-20)19(27)31(18)14-6-4-13(5-7-14)30(21(28)32)17-11-12(22(24,25)26)3-8-16(17)23/h2-11,19H,1,27H2,(H2,28,32). The summed E-state index contributed by atoms with van der Waals surface area (Å²) < 4.78 is 59.0. The van der Waals surface area contributed by atoms with Gasteiger partial charge in [-0.05, 0) is 54.6 Å². The Balaban J connectivity index is 1.73. The van der Waals surface area contributed by atoms with Gasteiger partial charge in [0.25, 0.3) is 0 Å². The molecule has 0 aliphatic carbocycles. The molecule has 170 valence electrons. The highest BCUT2D eigenvalue weighted by molar-refractivity contribution is 6.08. The quantitative estimate of drug-likeness (QED) is 0.514. The molecule has 2 heterocycles. The van der Waals surface area contributed by atoms with Gasteiger partial charge in [-0.25, -0.2) is 9.18 Å². The van der Waals surface area contributed by atoms with Gasteiger partial charge in [0.15, 0.2) is 0 Å². The van der Waals surface area contributed by atoms with Crippen LogP contribution in [0.2, 0.25) is 0 Å². The molecule has 11 heteroatoms. The molecule has 1 aliphatic rings. The van der Waals surface area contributed by atoms with E-state index in [1.807, 2.05) is 0 Å². The number of anilines is 3. The van der Waals surface area contributed by atoms with Crippen LogP contribution in [-0.4, -0.2) is 11.9 Å². The molecule has 0 saturated heterocycles. The van der Waals surface area contributed by atoms with Gasteiger partial charge in [0.2, 0.25) is 5.88 Å². The number of nitrogens with two attached hydrogens (primary N) is 2. The van der Waals surface area contributed by atoms with Gasteiger partial charge >= 0.3 is 12.2 Å². The molecule has 2 amide bonds. The minimum Gasteiger partial charge on any atom is -0.446 e. The van der Waals surface area contributed by atoms with Crippen LogP contribution in [0, 0.1) is 5.82 Å². The Bertz CT molecular complexity index is 1250. The first-order valence-electron chi connectivity index (χ1n) is 9.51. The van der Waals surface area contributed by atoms with E-state index in [0.29, 0.717) is 46.1 Å². The number of benzene rings is 2. The van der Waals surface area contributed by atoms with Gasteiger partial charge in [-0.3, -0.25) is 4.90 Å². The lowest BCUT2D eigenvalue weighted by atomic mass is 10.1. The van der Waals surface area contributed by atoms with Crippen LogP contribution >= 0.6 is 0 Å². The van der Waals surface area contributed by atoms with E-state index in [1.54, 1.807) is 23.1 Å². The average Bonchev–Trinajstić information content (AvgIpc) is 3.24. The molecule has 1 atom stereocenters. The van der Waals surface area contributed by atoms with Crippen LogP contribution in [0.15, 0.2) is 76.9 Å². The van der Waals surface area contributed by atoms with E-state index in [0.717, 1.165) is 0 Å². The number of aliphatic imine (C=N–C) groups is 1. The van der Waals surface area contributed by atoms with E-state index in [2.05, 4.69) is 11.6 Å². The first kappa shape index (κ1) is 22.1. The third-order valence-electron chi connectivity index (χ3n) is 5.04. The maximum Gasteiger partial charge on any atom is 0.416 e. The van der Waals surface area contributed by atoms with Crippen LogP contribution in [0.5, 0.6) is 0 Å². The summed E-state index contributed by atoms with van der Waals surface area (Å²) >= 11 is 0. The number of fused-ring (bicyclic) bond motifs is 1. The van der Waals surface area contributed by atoms with E-state index in [1.165, 1.54) is 24.5 Å². The fourth-order valence-corrected chi connectivity index (χ4v) is 3.51. The van der Waals surface area contributed by atoms with Crippen LogP contribution < -0.4 is 21.3 Å². The minimum absolute atomic E-state index is 0.0520. The predicted octanol–water partition coefficient (Wildman–Crippen LogP) is 5.35. The average molecular weight is 459 g/mol. The van der Waals surface area contributed by atoms with Crippen LogP contribution in [0.3, 0.4) is 0 Å². The van der Waals surface area contributed by atoms with E-state index < -0.39 is 35.4 Å². The maximum atomic E-state index is 14.4. The normalized spacial score (nSPS) is 15.6. The SMILES string of the molecule is C=CC1=Nc2occc2C(N)N1c1ccc(N(C(N)=O)c2cc(C(F)(F)F)ccc2F)cc1. The van der Waals surface area contributed by atoms with Crippen molar-refractivity contribution in [3.05, 3.63) is 84.4 Å². The monoisotopic (exact) mass is 459 g/mol. The molecule has 33 heavy (non-hydrogen) atoms. The van der Waals surface area contributed by atoms with Gasteiger partial charge in [0.05, 0.1) is 28.8 Å². The van der Waals surface area contributed by atoms with Crippen LogP contribution in [-0.2, 0) is 6.18 Å². The lowest BCUT2D eigenvalue weighted by Crippen LogP contribution is -2.40. The lowest BCUT2D eigenvalue weighted by molar-refractivity contribution is -0.137. The molecule has 4 N–H and O–H groups in total. The molecule has 1 aromatic heterocycles. The maximum absolute atomic E-state index is 14.4. The summed E-state index contributed by atoms with van der Waals surface area (Å²) in [6.45, 7) is 3.73. The molecule has 0 spiro atoms. The molecule has 0 fully saturated rings. The van der Waals surface area contributed by atoms with Gasteiger partial charge < -0.3 is 20.8 Å². The first-order chi connectivity index (χ1) is 15.6. The number of carbonyl (C=O) groups excluding carboxylic acids is 1. The second kappa shape index (κ2) is 8.10. The Morgan fingerprint density at radius 2 is 1.88 bits per heavy atom. The van der Waals surface area contributed by atoms with E-state index in [4.69, 9.17) is 15.9 Å². The fourth-order valence-electron chi connectivity index (χ4n) is 3.51. The van der Waals surface area contributed by atoms with Crippen molar-refractivity contribution in [2.75, 3.05) is 9.80 Å². The molecule has 0 radical (unpaired) electrons. The van der Waals surface area contributed by atoms with Crippen LogP contribution in [0.4, 0.5) is 45.3 Å². The summed E-state index contributed by atoms with van der Waals surface area (Å²) in [7, 11) is 0. The third kappa shape index (κ3) is 3.94. The largest absolute Gasteiger partial charge is 0.446 e. The molecule has 0 saturated carbocycles. The lowest BCUT2D eigenvalue weighted by Gasteiger charge is -2.33. The number of nitrogens with zero attached hydrogens (tertiary/aromatic N) is 3. The molecule has 1 unspecified atom stereocenters. The van der Waals surface area contributed by atoms with Crippen LogP contribution in [0.1, 0.15) is 17.3 Å². The van der Waals surface area contributed by atoms with Crippen molar-refractivity contribution in [3.8, 4) is 0 Å². The van der Waals surface area contributed by atoms with Crippen molar-refractivity contribution in [2.45, 2.75) is 12.3 Å². The zero-order valence-electron chi connectivity index (χ0n) is 16.9. The minimum atomic E-state index is -4.73. The Morgan fingerprint density at radius 1 is 1.18 bits per heavy atom. The van der Waals surface area contributed by atoms with E-state index in [-0.39, 0.29) is 5.69 Å². The number of hydrogen-bond acceptors (Lipinski definition) is 5. The highest BCUT2D eigenvalue weighted by atomic mass is 19.4. The molecule has 7 nitrogen and oxygen atoms in total. The first-order valence-corrected chi connectivity index (χ1v) is 9.51. The van der Waals surface area contributed by atoms with Crippen molar-refractivity contribution in [1.82, 2.24) is 0 Å². The summed E-state index contributed by atoms with van der Waals surface area (Å²) in [5.74, 6) is -0.295. The fraction of sp³-hybridized carbons (Fsp3) is 0.0909. The molecule has 1 aliphatic heterocycles. The Morgan fingerprint density at radius 3 is 2.48 bits per heavy atom. The van der Waals surface area contributed by atoms with Gasteiger partial charge in [-0.1, -0.05) is 6.58 Å². The zero-order chi connectivity index (χ0) is 23.9.